The molecule has 1 nitrogen and oxygen atoms in total. The van der Waals surface area contributed by atoms with E-state index in [1.807, 2.05) is 19.1 Å². The molecule has 9 heavy (non-hydrogen) atoms. The Morgan fingerprint density at radius 3 is 2.44 bits per heavy atom. The molecule has 0 amide bonds. The fraction of sp³-hybridized carbons (Fsp3) is 0.250. The second-order valence-electron chi connectivity index (χ2n) is 2.04. The second kappa shape index (κ2) is 2.65. The minimum absolute atomic E-state index is 0.644. The van der Waals surface area contributed by atoms with E-state index in [0.29, 0.717) is 5.56 Å². The summed E-state index contributed by atoms with van der Waals surface area (Å²) in [7, 11) is 0. The summed E-state index contributed by atoms with van der Waals surface area (Å²) < 4.78 is 6.94. The molecule has 0 aliphatic rings. The van der Waals surface area contributed by atoms with Crippen LogP contribution in [0.1, 0.15) is 12.5 Å². The van der Waals surface area contributed by atoms with Crippen molar-refractivity contribution < 1.29 is 6.48 Å². The van der Waals surface area contributed by atoms with Gasteiger partial charge in [0, 0.05) is 0 Å². The Kier molecular flexibility index (Phi) is 1.47. The highest BCUT2D eigenvalue weighted by Gasteiger charge is 1.85. The Bertz CT molecular complexity index is 203. The number of benzene rings is 1. The van der Waals surface area contributed by atoms with Crippen LogP contribution in [0.2, 0.25) is 0 Å². The zero-order chi connectivity index (χ0) is 7.56. The van der Waals surface area contributed by atoms with Crippen molar-refractivity contribution in [2.24, 2.45) is 0 Å². The van der Waals surface area contributed by atoms with E-state index in [2.05, 4.69) is 0 Å². The predicted octanol–water partition coefficient (Wildman–Crippen LogP) is 1.49. The maximum Gasteiger partial charge on any atom is 0.0681 e. The molecule has 0 spiro atoms. The van der Waals surface area contributed by atoms with E-state index >= 15 is 0 Å². The van der Waals surface area contributed by atoms with E-state index in [4.69, 9.17) is 6.48 Å². The molecule has 48 valence electrons. The molecule has 0 bridgehead atoms. The van der Waals surface area contributed by atoms with Gasteiger partial charge in [0.05, 0.1) is 7.95 Å². The predicted molar refractivity (Wildman–Crippen MR) is 37.1 cm³/mol. The summed E-state index contributed by atoms with van der Waals surface area (Å²) in [6.07, 6.45) is 0. The summed E-state index contributed by atoms with van der Waals surface area (Å²) in [5, 5.41) is 8.78. The van der Waals surface area contributed by atoms with Gasteiger partial charge in [-0.1, -0.05) is 29.8 Å². The standard InChI is InChI=1S/C8H10O/c1-7-2-4-8(6-9)5-3-7/h2-5,9H,6H2,1H3/i6D/t6-/m0/s1. The van der Waals surface area contributed by atoms with Crippen LogP contribution in [0.3, 0.4) is 0 Å². The van der Waals surface area contributed by atoms with Crippen LogP contribution in [0.4, 0.5) is 0 Å². The highest BCUT2D eigenvalue weighted by molar-refractivity contribution is 5.20. The van der Waals surface area contributed by atoms with Gasteiger partial charge in [-0.2, -0.15) is 0 Å². The van der Waals surface area contributed by atoms with E-state index in [-0.39, 0.29) is 0 Å². The van der Waals surface area contributed by atoms with Crippen molar-refractivity contribution in [3.8, 4) is 0 Å². The molecule has 1 atom stereocenters. The number of hydrogen-bond donors (Lipinski definition) is 1. The fourth-order valence-corrected chi connectivity index (χ4v) is 0.653. The van der Waals surface area contributed by atoms with Crippen molar-refractivity contribution in [3.63, 3.8) is 0 Å². The maximum absolute atomic E-state index is 8.78. The van der Waals surface area contributed by atoms with Gasteiger partial charge in [-0.05, 0) is 12.5 Å². The van der Waals surface area contributed by atoms with Crippen molar-refractivity contribution in [2.75, 3.05) is 0 Å². The molecule has 0 heterocycles. The van der Waals surface area contributed by atoms with E-state index in [9.17, 15) is 0 Å². The molecule has 0 saturated heterocycles. The van der Waals surface area contributed by atoms with Crippen LogP contribution in [-0.4, -0.2) is 5.11 Å². The first-order valence-corrected chi connectivity index (χ1v) is 2.87. The van der Waals surface area contributed by atoms with Crippen molar-refractivity contribution >= 4 is 0 Å². The SMILES string of the molecule is [2H][C@H](O)c1ccc(C)cc1. The Morgan fingerprint density at radius 2 is 2.00 bits per heavy atom. The summed E-state index contributed by atoms with van der Waals surface area (Å²) >= 11 is 0. The number of aliphatic hydroxyl groups is 1. The third kappa shape index (κ3) is 1.54. The lowest BCUT2D eigenvalue weighted by molar-refractivity contribution is 0.282. The number of aliphatic hydroxyl groups excluding tert-OH is 1. The first kappa shape index (κ1) is 5.00. The molecule has 1 N–H and O–H groups in total. The van der Waals surface area contributed by atoms with Gasteiger partial charge in [-0.25, -0.2) is 0 Å². The lowest BCUT2D eigenvalue weighted by Gasteiger charge is -1.93. The Balaban J connectivity index is 2.89. The molecular formula is C8H10O. The Hall–Kier alpha value is -0.820. The first-order chi connectivity index (χ1) is 4.70. The third-order valence-electron chi connectivity index (χ3n) is 1.23. The fourth-order valence-electron chi connectivity index (χ4n) is 0.653. The molecule has 1 rings (SSSR count). The number of hydrogen-bond acceptors (Lipinski definition) is 1. The first-order valence-electron chi connectivity index (χ1n) is 3.45. The average Bonchev–Trinajstić information content (AvgIpc) is 1.88. The number of aryl methyl sites for hydroxylation is 1. The highest BCUT2D eigenvalue weighted by Crippen LogP contribution is 2.01. The monoisotopic (exact) mass is 123 g/mol. The lowest BCUT2D eigenvalue weighted by atomic mass is 10.2. The van der Waals surface area contributed by atoms with Gasteiger partial charge in [-0.3, -0.25) is 0 Å². The van der Waals surface area contributed by atoms with E-state index in [0.717, 1.165) is 5.56 Å². The zero-order valence-electron chi connectivity index (χ0n) is 6.33. The van der Waals surface area contributed by atoms with Crippen molar-refractivity contribution in [1.82, 2.24) is 0 Å². The maximum atomic E-state index is 8.78. The molecule has 1 heteroatoms. The van der Waals surface area contributed by atoms with Crippen molar-refractivity contribution in [3.05, 3.63) is 35.4 Å². The topological polar surface area (TPSA) is 20.2 Å². The molecule has 0 saturated carbocycles. The van der Waals surface area contributed by atoms with Crippen molar-refractivity contribution in [1.29, 1.82) is 0 Å². The largest absolute Gasteiger partial charge is 0.392 e. The van der Waals surface area contributed by atoms with Gasteiger partial charge in [0.2, 0.25) is 0 Å². The number of rotatable bonds is 1. The summed E-state index contributed by atoms with van der Waals surface area (Å²) in [5.41, 5.74) is 1.79. The van der Waals surface area contributed by atoms with Gasteiger partial charge in [0.1, 0.15) is 0 Å². The van der Waals surface area contributed by atoms with E-state index < -0.39 is 6.58 Å². The van der Waals surface area contributed by atoms with Crippen LogP contribution < -0.4 is 0 Å². The van der Waals surface area contributed by atoms with Crippen LogP contribution >= 0.6 is 0 Å². The van der Waals surface area contributed by atoms with E-state index in [1.54, 1.807) is 12.1 Å². The van der Waals surface area contributed by atoms with Crippen LogP contribution in [0.15, 0.2) is 24.3 Å². The van der Waals surface area contributed by atoms with Gasteiger partial charge < -0.3 is 5.11 Å². The van der Waals surface area contributed by atoms with Crippen LogP contribution in [0.25, 0.3) is 0 Å². The molecule has 0 unspecified atom stereocenters. The molecule has 0 fully saturated rings. The minimum Gasteiger partial charge on any atom is -0.392 e. The normalized spacial score (nSPS) is 14.7. The second-order valence-corrected chi connectivity index (χ2v) is 2.04. The van der Waals surface area contributed by atoms with Crippen LogP contribution in [0, 0.1) is 6.92 Å². The summed E-state index contributed by atoms with van der Waals surface area (Å²) in [6, 6.07) is 7.28. The lowest BCUT2D eigenvalue weighted by Crippen LogP contribution is -1.80. The highest BCUT2D eigenvalue weighted by atomic mass is 16.3. The summed E-state index contributed by atoms with van der Waals surface area (Å²) in [5.74, 6) is 0. The molecule has 1 aromatic rings. The molecule has 0 aliphatic carbocycles. The molecule has 0 radical (unpaired) electrons. The average molecular weight is 123 g/mol. The van der Waals surface area contributed by atoms with Crippen molar-refractivity contribution in [2.45, 2.75) is 13.5 Å². The van der Waals surface area contributed by atoms with E-state index in [1.165, 1.54) is 0 Å². The molecule has 0 aromatic heterocycles. The minimum atomic E-state index is -1.10. The zero-order valence-corrected chi connectivity index (χ0v) is 5.33. The summed E-state index contributed by atoms with van der Waals surface area (Å²) in [4.78, 5) is 0. The Morgan fingerprint density at radius 1 is 1.44 bits per heavy atom. The quantitative estimate of drug-likeness (QED) is 0.599. The van der Waals surface area contributed by atoms with Crippen LogP contribution in [0.5, 0.6) is 0 Å². The van der Waals surface area contributed by atoms with Gasteiger partial charge in [0.25, 0.3) is 0 Å². The van der Waals surface area contributed by atoms with Gasteiger partial charge in [-0.15, -0.1) is 0 Å². The smallest absolute Gasteiger partial charge is 0.0681 e. The van der Waals surface area contributed by atoms with Gasteiger partial charge in [0.15, 0.2) is 0 Å². The molecule has 0 aliphatic heterocycles. The third-order valence-corrected chi connectivity index (χ3v) is 1.23. The van der Waals surface area contributed by atoms with Crippen LogP contribution in [-0.2, 0) is 6.58 Å². The Labute approximate surface area is 56.4 Å². The molecule has 1 aromatic carbocycles. The summed E-state index contributed by atoms with van der Waals surface area (Å²) in [6.45, 7) is 0.876. The van der Waals surface area contributed by atoms with Gasteiger partial charge >= 0.3 is 0 Å². The molecular weight excluding hydrogens is 112 g/mol.